The molecular weight excluding hydrogens is 212 g/mol. The van der Waals surface area contributed by atoms with Crippen molar-refractivity contribution in [1.82, 2.24) is 0 Å². The van der Waals surface area contributed by atoms with Gasteiger partial charge in [0, 0.05) is 5.56 Å². The molecule has 0 amide bonds. The fraction of sp³-hybridized carbons (Fsp3) is 0.533. The Morgan fingerprint density at radius 3 is 2.47 bits per heavy atom. The fourth-order valence-corrected chi connectivity index (χ4v) is 1.57. The smallest absolute Gasteiger partial charge is 0.188 e. The summed E-state index contributed by atoms with van der Waals surface area (Å²) in [5, 5.41) is 0. The van der Waals surface area contributed by atoms with E-state index in [2.05, 4.69) is 6.92 Å². The van der Waals surface area contributed by atoms with Gasteiger partial charge in [-0.2, -0.15) is 0 Å². The van der Waals surface area contributed by atoms with Crippen LogP contribution in [0.2, 0.25) is 0 Å². The molecule has 0 aromatic heterocycles. The minimum Gasteiger partial charge on any atom is -0.367 e. The molecule has 0 N–H and O–H groups in total. The van der Waals surface area contributed by atoms with E-state index in [1.54, 1.807) is 0 Å². The van der Waals surface area contributed by atoms with E-state index >= 15 is 0 Å². The highest BCUT2D eigenvalue weighted by Crippen LogP contribution is 2.16. The van der Waals surface area contributed by atoms with Crippen molar-refractivity contribution in [2.45, 2.75) is 46.6 Å². The molecule has 0 spiro atoms. The molecule has 17 heavy (non-hydrogen) atoms. The molecule has 0 radical (unpaired) electrons. The first kappa shape index (κ1) is 13.9. The van der Waals surface area contributed by atoms with Crippen molar-refractivity contribution in [2.75, 3.05) is 6.61 Å². The normalized spacial score (nSPS) is 11.6. The number of carbonyl (C=O) groups excluding carboxylic acids is 1. The lowest BCUT2D eigenvalue weighted by atomic mass is 10.0. The zero-order valence-corrected chi connectivity index (χ0v) is 11.5. The van der Waals surface area contributed by atoms with Gasteiger partial charge in [0.2, 0.25) is 0 Å². The third kappa shape index (κ3) is 3.97. The molecule has 1 aromatic rings. The molecule has 0 atom stereocenters. The van der Waals surface area contributed by atoms with E-state index in [1.165, 1.54) is 5.56 Å². The van der Waals surface area contributed by atoms with Crippen LogP contribution in [0.5, 0.6) is 0 Å². The first-order valence-corrected chi connectivity index (χ1v) is 6.10. The first-order valence-electron chi connectivity index (χ1n) is 6.10. The van der Waals surface area contributed by atoms with Gasteiger partial charge in [-0.3, -0.25) is 4.79 Å². The number of benzene rings is 1. The van der Waals surface area contributed by atoms with Crippen molar-refractivity contribution >= 4 is 5.78 Å². The minimum absolute atomic E-state index is 0.0593. The van der Waals surface area contributed by atoms with Gasteiger partial charge in [0.1, 0.15) is 6.61 Å². The number of ketones is 1. The largest absolute Gasteiger partial charge is 0.367 e. The van der Waals surface area contributed by atoms with Crippen LogP contribution in [0.3, 0.4) is 0 Å². The van der Waals surface area contributed by atoms with Gasteiger partial charge >= 0.3 is 0 Å². The molecule has 0 aliphatic carbocycles. The van der Waals surface area contributed by atoms with Crippen LogP contribution in [-0.4, -0.2) is 18.0 Å². The molecule has 1 rings (SSSR count). The SMILES string of the molecule is CCC(C)(C)OCC(=O)c1ccc(C)cc1C. The Bertz CT molecular complexity index is 405. The Hall–Kier alpha value is -1.15. The van der Waals surface area contributed by atoms with Crippen LogP contribution in [0.25, 0.3) is 0 Å². The van der Waals surface area contributed by atoms with Crippen molar-refractivity contribution < 1.29 is 9.53 Å². The Balaban J connectivity index is 2.71. The average Bonchev–Trinajstić information content (AvgIpc) is 2.26. The van der Waals surface area contributed by atoms with Crippen LogP contribution in [-0.2, 0) is 4.74 Å². The third-order valence-corrected chi connectivity index (χ3v) is 3.13. The van der Waals surface area contributed by atoms with E-state index < -0.39 is 0 Å². The number of hydrogen-bond donors (Lipinski definition) is 0. The Kier molecular flexibility index (Phi) is 4.47. The van der Waals surface area contributed by atoms with E-state index in [0.29, 0.717) is 0 Å². The Labute approximate surface area is 104 Å². The number of aryl methyl sites for hydroxylation is 2. The number of Topliss-reactive ketones (excluding diaryl/α,β-unsaturated/α-hetero) is 1. The summed E-state index contributed by atoms with van der Waals surface area (Å²) in [6.45, 7) is 10.2. The summed E-state index contributed by atoms with van der Waals surface area (Å²) in [7, 11) is 0. The molecule has 0 aliphatic rings. The monoisotopic (exact) mass is 234 g/mol. The molecule has 2 heteroatoms. The molecule has 0 fully saturated rings. The van der Waals surface area contributed by atoms with Crippen molar-refractivity contribution in [1.29, 1.82) is 0 Å². The molecule has 0 saturated heterocycles. The summed E-state index contributed by atoms with van der Waals surface area (Å²) in [6, 6.07) is 5.87. The highest BCUT2D eigenvalue weighted by atomic mass is 16.5. The summed E-state index contributed by atoms with van der Waals surface area (Å²) in [6.07, 6.45) is 0.896. The number of ether oxygens (including phenoxy) is 1. The molecule has 2 nitrogen and oxygen atoms in total. The van der Waals surface area contributed by atoms with Gasteiger partial charge in [-0.1, -0.05) is 30.7 Å². The Morgan fingerprint density at radius 1 is 1.29 bits per heavy atom. The van der Waals surface area contributed by atoms with Crippen molar-refractivity contribution in [3.8, 4) is 0 Å². The molecule has 0 unspecified atom stereocenters. The maximum Gasteiger partial charge on any atom is 0.188 e. The molecule has 94 valence electrons. The zero-order valence-electron chi connectivity index (χ0n) is 11.5. The quantitative estimate of drug-likeness (QED) is 0.726. The second kappa shape index (κ2) is 5.46. The van der Waals surface area contributed by atoms with Crippen LogP contribution >= 0.6 is 0 Å². The van der Waals surface area contributed by atoms with Crippen molar-refractivity contribution in [3.63, 3.8) is 0 Å². The minimum atomic E-state index is -0.228. The summed E-state index contributed by atoms with van der Waals surface area (Å²) >= 11 is 0. The first-order chi connectivity index (χ1) is 7.85. The molecular formula is C15H22O2. The number of carbonyl (C=O) groups is 1. The molecule has 0 heterocycles. The number of hydrogen-bond acceptors (Lipinski definition) is 2. The summed E-state index contributed by atoms with van der Waals surface area (Å²) in [5.41, 5.74) is 2.73. The lowest BCUT2D eigenvalue weighted by molar-refractivity contribution is -0.0122. The van der Waals surface area contributed by atoms with Crippen LogP contribution in [0, 0.1) is 13.8 Å². The lowest BCUT2D eigenvalue weighted by Gasteiger charge is -2.23. The lowest BCUT2D eigenvalue weighted by Crippen LogP contribution is -2.26. The average molecular weight is 234 g/mol. The van der Waals surface area contributed by atoms with Gasteiger partial charge in [0.05, 0.1) is 5.60 Å². The van der Waals surface area contributed by atoms with Gasteiger partial charge in [-0.25, -0.2) is 0 Å². The van der Waals surface area contributed by atoms with E-state index in [0.717, 1.165) is 17.5 Å². The van der Waals surface area contributed by atoms with E-state index in [9.17, 15) is 4.79 Å². The van der Waals surface area contributed by atoms with Crippen molar-refractivity contribution in [2.24, 2.45) is 0 Å². The van der Waals surface area contributed by atoms with Crippen molar-refractivity contribution in [3.05, 3.63) is 34.9 Å². The van der Waals surface area contributed by atoms with Crippen LogP contribution in [0.1, 0.15) is 48.7 Å². The Morgan fingerprint density at radius 2 is 1.94 bits per heavy atom. The van der Waals surface area contributed by atoms with Gasteiger partial charge < -0.3 is 4.74 Å². The maximum absolute atomic E-state index is 12.0. The van der Waals surface area contributed by atoms with Gasteiger partial charge in [-0.05, 0) is 39.7 Å². The van der Waals surface area contributed by atoms with Gasteiger partial charge in [0.25, 0.3) is 0 Å². The van der Waals surface area contributed by atoms with Gasteiger partial charge in [0.15, 0.2) is 5.78 Å². The predicted molar refractivity (Wildman–Crippen MR) is 70.6 cm³/mol. The highest BCUT2D eigenvalue weighted by molar-refractivity contribution is 5.98. The van der Waals surface area contributed by atoms with E-state index in [1.807, 2.05) is 45.9 Å². The number of rotatable bonds is 5. The second-order valence-corrected chi connectivity index (χ2v) is 5.14. The molecule has 0 bridgehead atoms. The topological polar surface area (TPSA) is 26.3 Å². The van der Waals surface area contributed by atoms with Crippen LogP contribution in [0.4, 0.5) is 0 Å². The molecule has 1 aromatic carbocycles. The fourth-order valence-electron chi connectivity index (χ4n) is 1.57. The molecule has 0 saturated carbocycles. The predicted octanol–water partition coefficient (Wildman–Crippen LogP) is 3.69. The summed E-state index contributed by atoms with van der Waals surface area (Å²) in [5.74, 6) is 0.0593. The highest BCUT2D eigenvalue weighted by Gasteiger charge is 2.18. The standard InChI is InChI=1S/C15H22O2/c1-6-15(4,5)17-10-14(16)13-8-7-11(2)9-12(13)3/h7-9H,6,10H2,1-5H3. The molecule has 0 aliphatic heterocycles. The zero-order chi connectivity index (χ0) is 13.1. The van der Waals surface area contributed by atoms with E-state index in [-0.39, 0.29) is 18.0 Å². The third-order valence-electron chi connectivity index (χ3n) is 3.13. The maximum atomic E-state index is 12.0. The van der Waals surface area contributed by atoms with Crippen LogP contribution < -0.4 is 0 Å². The van der Waals surface area contributed by atoms with Crippen LogP contribution in [0.15, 0.2) is 18.2 Å². The second-order valence-electron chi connectivity index (χ2n) is 5.14. The van der Waals surface area contributed by atoms with Gasteiger partial charge in [-0.15, -0.1) is 0 Å². The summed E-state index contributed by atoms with van der Waals surface area (Å²) < 4.78 is 5.63. The summed E-state index contributed by atoms with van der Waals surface area (Å²) in [4.78, 5) is 12.0. The van der Waals surface area contributed by atoms with E-state index in [4.69, 9.17) is 4.74 Å².